The lowest BCUT2D eigenvalue weighted by Gasteiger charge is -2.10. The van der Waals surface area contributed by atoms with Crippen molar-refractivity contribution in [2.75, 3.05) is 25.7 Å². The fraction of sp³-hybridized carbons (Fsp3) is 0.417. The largest absolute Gasteiger partial charge is 0.493 e. The number of hydrogen-bond acceptors (Lipinski definition) is 4. The number of benzene rings is 1. The summed E-state index contributed by atoms with van der Waals surface area (Å²) >= 11 is 0. The monoisotopic (exact) mass is 257 g/mol. The van der Waals surface area contributed by atoms with Gasteiger partial charge in [-0.15, -0.1) is 0 Å². The quantitative estimate of drug-likeness (QED) is 0.778. The topological polar surface area (TPSA) is 52.6 Å². The highest BCUT2D eigenvalue weighted by Gasteiger charge is 2.08. The number of ether oxygens (including phenoxy) is 2. The Labute approximate surface area is 102 Å². The molecule has 17 heavy (non-hydrogen) atoms. The third kappa shape index (κ3) is 4.65. The Morgan fingerprint density at radius 1 is 1.29 bits per heavy atom. The summed E-state index contributed by atoms with van der Waals surface area (Å²) in [5, 5.41) is 0. The van der Waals surface area contributed by atoms with E-state index in [2.05, 4.69) is 0 Å². The summed E-state index contributed by atoms with van der Waals surface area (Å²) in [5.41, 5.74) is 0.805. The summed E-state index contributed by atoms with van der Waals surface area (Å²) in [6.07, 6.45) is 2.85. The van der Waals surface area contributed by atoms with Crippen LogP contribution in [-0.2, 0) is 9.84 Å². The highest BCUT2D eigenvalue weighted by Crippen LogP contribution is 2.28. The van der Waals surface area contributed by atoms with Gasteiger partial charge in [0, 0.05) is 12.7 Å². The molecular formula is C12H17O4S. The first kappa shape index (κ1) is 13.8. The van der Waals surface area contributed by atoms with Gasteiger partial charge >= 0.3 is 0 Å². The molecule has 0 N–H and O–H groups in total. The van der Waals surface area contributed by atoms with Crippen molar-refractivity contribution in [2.45, 2.75) is 6.92 Å². The minimum absolute atomic E-state index is 0.0187. The summed E-state index contributed by atoms with van der Waals surface area (Å²) < 4.78 is 32.6. The summed E-state index contributed by atoms with van der Waals surface area (Å²) in [6.45, 7) is 2.41. The lowest BCUT2D eigenvalue weighted by atomic mass is 10.1. The summed E-state index contributed by atoms with van der Waals surface area (Å²) in [5.74, 6) is 1.28. The van der Waals surface area contributed by atoms with Crippen LogP contribution in [0.25, 0.3) is 0 Å². The van der Waals surface area contributed by atoms with E-state index in [4.69, 9.17) is 9.47 Å². The minimum Gasteiger partial charge on any atom is -0.493 e. The van der Waals surface area contributed by atoms with Gasteiger partial charge < -0.3 is 9.47 Å². The van der Waals surface area contributed by atoms with Gasteiger partial charge in [-0.25, -0.2) is 8.42 Å². The van der Waals surface area contributed by atoms with Gasteiger partial charge in [0.05, 0.1) is 19.5 Å². The molecule has 0 atom stereocenters. The zero-order chi connectivity index (χ0) is 12.9. The Balaban J connectivity index is 2.84. The molecule has 0 amide bonds. The molecule has 1 aromatic carbocycles. The van der Waals surface area contributed by atoms with Crippen molar-refractivity contribution in [3.63, 3.8) is 0 Å². The lowest BCUT2D eigenvalue weighted by molar-refractivity contribution is 0.311. The Bertz CT molecular complexity index is 465. The van der Waals surface area contributed by atoms with E-state index in [0.29, 0.717) is 18.1 Å². The highest BCUT2D eigenvalue weighted by atomic mass is 32.2. The van der Waals surface area contributed by atoms with Crippen LogP contribution in [0.3, 0.4) is 0 Å². The molecule has 1 radical (unpaired) electrons. The number of sulfone groups is 1. The van der Waals surface area contributed by atoms with Crippen molar-refractivity contribution < 1.29 is 17.9 Å². The van der Waals surface area contributed by atoms with Crippen LogP contribution in [0.5, 0.6) is 11.5 Å². The van der Waals surface area contributed by atoms with E-state index in [-0.39, 0.29) is 5.75 Å². The molecule has 0 saturated carbocycles. The van der Waals surface area contributed by atoms with Gasteiger partial charge in [-0.2, -0.15) is 0 Å². The molecule has 0 bridgehead atoms. The van der Waals surface area contributed by atoms with E-state index in [0.717, 1.165) is 5.56 Å². The molecule has 0 aromatic heterocycles. The van der Waals surface area contributed by atoms with Crippen molar-refractivity contribution >= 4 is 9.84 Å². The van der Waals surface area contributed by atoms with Crippen molar-refractivity contribution in [2.24, 2.45) is 0 Å². The van der Waals surface area contributed by atoms with Gasteiger partial charge in [0.2, 0.25) is 0 Å². The Morgan fingerprint density at radius 3 is 2.53 bits per heavy atom. The fourth-order valence-electron chi connectivity index (χ4n) is 1.34. The normalized spacial score (nSPS) is 11.2. The van der Waals surface area contributed by atoms with Crippen LogP contribution >= 0.6 is 0 Å². The second-order valence-corrected chi connectivity index (χ2v) is 5.82. The van der Waals surface area contributed by atoms with Crippen LogP contribution in [0.15, 0.2) is 18.2 Å². The van der Waals surface area contributed by atoms with E-state index >= 15 is 0 Å². The Morgan fingerprint density at radius 2 is 2.00 bits per heavy atom. The smallest absolute Gasteiger partial charge is 0.161 e. The Kier molecular flexibility index (Phi) is 4.81. The molecule has 1 aromatic rings. The molecule has 0 saturated heterocycles. The molecule has 0 unspecified atom stereocenters. The zero-order valence-electron chi connectivity index (χ0n) is 10.3. The summed E-state index contributed by atoms with van der Waals surface area (Å²) in [7, 11) is -1.42. The molecule has 4 nitrogen and oxygen atoms in total. The molecule has 0 spiro atoms. The number of rotatable bonds is 6. The molecular weight excluding hydrogens is 240 g/mol. The van der Waals surface area contributed by atoms with E-state index < -0.39 is 9.84 Å². The molecule has 0 aliphatic rings. The van der Waals surface area contributed by atoms with E-state index in [1.54, 1.807) is 31.7 Å². The lowest BCUT2D eigenvalue weighted by Crippen LogP contribution is -2.04. The third-order valence-corrected chi connectivity index (χ3v) is 2.88. The van der Waals surface area contributed by atoms with Crippen LogP contribution in [0.1, 0.15) is 12.5 Å². The first-order valence-corrected chi connectivity index (χ1v) is 7.34. The molecule has 0 heterocycles. The van der Waals surface area contributed by atoms with Crippen LogP contribution in [0.4, 0.5) is 0 Å². The molecule has 95 valence electrons. The van der Waals surface area contributed by atoms with Crippen molar-refractivity contribution in [1.29, 1.82) is 0 Å². The van der Waals surface area contributed by atoms with Crippen molar-refractivity contribution in [3.05, 3.63) is 30.2 Å². The van der Waals surface area contributed by atoms with E-state index in [9.17, 15) is 8.42 Å². The fourth-order valence-corrected chi connectivity index (χ4v) is 1.83. The van der Waals surface area contributed by atoms with Gasteiger partial charge in [-0.3, -0.25) is 0 Å². The van der Waals surface area contributed by atoms with Crippen LogP contribution in [0.2, 0.25) is 0 Å². The first-order chi connectivity index (χ1) is 7.96. The molecule has 0 fully saturated rings. The molecule has 0 aliphatic heterocycles. The van der Waals surface area contributed by atoms with Crippen molar-refractivity contribution in [3.8, 4) is 11.5 Å². The third-order valence-electron chi connectivity index (χ3n) is 2.11. The van der Waals surface area contributed by atoms with Gasteiger partial charge in [0.15, 0.2) is 11.5 Å². The van der Waals surface area contributed by atoms with Gasteiger partial charge in [0.25, 0.3) is 0 Å². The number of methoxy groups -OCH3 is 1. The molecule has 1 rings (SSSR count). The van der Waals surface area contributed by atoms with Gasteiger partial charge in [-0.05, 0) is 24.6 Å². The Hall–Kier alpha value is -1.23. The minimum atomic E-state index is -2.99. The zero-order valence-corrected chi connectivity index (χ0v) is 11.1. The predicted octanol–water partition coefficient (Wildman–Crippen LogP) is 1.69. The summed E-state index contributed by atoms with van der Waals surface area (Å²) in [4.78, 5) is 0. The predicted molar refractivity (Wildman–Crippen MR) is 67.3 cm³/mol. The SMILES string of the molecule is CCOc1cc([CH]CS(C)(=O)=O)ccc1OC. The molecule has 0 aliphatic carbocycles. The van der Waals surface area contributed by atoms with Gasteiger partial charge in [-0.1, -0.05) is 6.07 Å². The second kappa shape index (κ2) is 5.91. The van der Waals surface area contributed by atoms with Crippen molar-refractivity contribution in [1.82, 2.24) is 0 Å². The maximum atomic E-state index is 11.1. The maximum Gasteiger partial charge on any atom is 0.161 e. The number of hydrogen-bond donors (Lipinski definition) is 0. The van der Waals surface area contributed by atoms with Crippen LogP contribution in [0, 0.1) is 6.42 Å². The highest BCUT2D eigenvalue weighted by molar-refractivity contribution is 7.90. The van der Waals surface area contributed by atoms with E-state index in [1.165, 1.54) is 6.26 Å². The standard InChI is InChI=1S/C12H17O4S/c1-4-16-12-9-10(5-6-11(12)15-2)7-8-17(3,13)14/h5-7,9H,4,8H2,1-3H3. The second-order valence-electron chi connectivity index (χ2n) is 3.64. The van der Waals surface area contributed by atoms with Gasteiger partial charge in [0.1, 0.15) is 9.84 Å². The molecule has 5 heteroatoms. The average Bonchev–Trinajstić information content (AvgIpc) is 2.26. The van der Waals surface area contributed by atoms with E-state index in [1.807, 2.05) is 6.92 Å². The summed E-state index contributed by atoms with van der Waals surface area (Å²) in [6, 6.07) is 5.33. The maximum absolute atomic E-state index is 11.1. The van der Waals surface area contributed by atoms with Crippen LogP contribution < -0.4 is 9.47 Å². The first-order valence-electron chi connectivity index (χ1n) is 5.28. The van der Waals surface area contributed by atoms with Crippen LogP contribution in [-0.4, -0.2) is 34.1 Å². The average molecular weight is 257 g/mol.